The number of hydrogen-bond donors (Lipinski definition) is 2. The molecule has 3 rings (SSSR count). The van der Waals surface area contributed by atoms with Gasteiger partial charge in [0, 0.05) is 24.7 Å². The molecule has 7 heteroatoms. The van der Waals surface area contributed by atoms with Gasteiger partial charge in [0.2, 0.25) is 10.0 Å². The van der Waals surface area contributed by atoms with Crippen molar-refractivity contribution in [1.82, 2.24) is 14.9 Å². The SMILES string of the molecule is CCNCC1CCN(C(=O)c2cccc(S(=O)(=O)NC3CC3)c2)CC1. The average Bonchev–Trinajstić information content (AvgIpc) is 3.43. The molecule has 138 valence electrons. The molecule has 0 aromatic heterocycles. The fourth-order valence-electron chi connectivity index (χ4n) is 3.16. The van der Waals surface area contributed by atoms with Crippen molar-refractivity contribution >= 4 is 15.9 Å². The van der Waals surface area contributed by atoms with Crippen molar-refractivity contribution in [1.29, 1.82) is 0 Å². The Morgan fingerprint density at radius 3 is 2.56 bits per heavy atom. The molecule has 6 nitrogen and oxygen atoms in total. The topological polar surface area (TPSA) is 78.5 Å². The van der Waals surface area contributed by atoms with Crippen LogP contribution < -0.4 is 10.0 Å². The molecular weight excluding hydrogens is 338 g/mol. The van der Waals surface area contributed by atoms with Crippen molar-refractivity contribution in [3.05, 3.63) is 29.8 Å². The third kappa shape index (κ3) is 4.80. The number of benzene rings is 1. The first-order valence-electron chi connectivity index (χ1n) is 9.12. The molecule has 0 atom stereocenters. The Balaban J connectivity index is 1.64. The maximum atomic E-state index is 12.7. The van der Waals surface area contributed by atoms with Crippen molar-refractivity contribution in [2.45, 2.75) is 43.5 Å². The van der Waals surface area contributed by atoms with Crippen LogP contribution in [0.1, 0.15) is 43.0 Å². The number of piperidine rings is 1. The van der Waals surface area contributed by atoms with Crippen molar-refractivity contribution in [2.24, 2.45) is 5.92 Å². The maximum Gasteiger partial charge on any atom is 0.253 e. The van der Waals surface area contributed by atoms with Crippen LogP contribution in [0.25, 0.3) is 0 Å². The summed E-state index contributed by atoms with van der Waals surface area (Å²) in [5.74, 6) is 0.531. The molecule has 1 aromatic carbocycles. The number of sulfonamides is 1. The van der Waals surface area contributed by atoms with Crippen LogP contribution in [0, 0.1) is 5.92 Å². The van der Waals surface area contributed by atoms with Crippen LogP contribution in [-0.2, 0) is 10.0 Å². The molecule has 0 radical (unpaired) electrons. The van der Waals surface area contributed by atoms with Gasteiger partial charge in [0.1, 0.15) is 0 Å². The standard InChI is InChI=1S/C18H27N3O3S/c1-2-19-13-14-8-10-21(11-9-14)18(22)15-4-3-5-17(12-15)25(23,24)20-16-6-7-16/h3-5,12,14,16,19-20H,2,6-11,13H2,1H3. The summed E-state index contributed by atoms with van der Waals surface area (Å²) in [5, 5.41) is 3.36. The number of hydrogen-bond acceptors (Lipinski definition) is 4. The van der Waals surface area contributed by atoms with E-state index in [-0.39, 0.29) is 16.8 Å². The number of nitrogens with zero attached hydrogens (tertiary/aromatic N) is 1. The van der Waals surface area contributed by atoms with E-state index in [1.54, 1.807) is 18.2 Å². The van der Waals surface area contributed by atoms with Gasteiger partial charge in [-0.25, -0.2) is 13.1 Å². The highest BCUT2D eigenvalue weighted by atomic mass is 32.2. The lowest BCUT2D eigenvalue weighted by molar-refractivity contribution is 0.0690. The van der Waals surface area contributed by atoms with Gasteiger partial charge in [-0.3, -0.25) is 4.79 Å². The van der Waals surface area contributed by atoms with Gasteiger partial charge in [-0.2, -0.15) is 0 Å². The molecule has 1 saturated heterocycles. The molecule has 2 fully saturated rings. The predicted octanol–water partition coefficient (Wildman–Crippen LogP) is 1.59. The summed E-state index contributed by atoms with van der Waals surface area (Å²) >= 11 is 0. The van der Waals surface area contributed by atoms with Crippen LogP contribution in [0.4, 0.5) is 0 Å². The van der Waals surface area contributed by atoms with Crippen LogP contribution in [0.3, 0.4) is 0 Å². The summed E-state index contributed by atoms with van der Waals surface area (Å²) < 4.78 is 27.3. The number of carbonyl (C=O) groups excluding carboxylic acids is 1. The lowest BCUT2D eigenvalue weighted by atomic mass is 9.96. The van der Waals surface area contributed by atoms with Crippen molar-refractivity contribution in [2.75, 3.05) is 26.2 Å². The van der Waals surface area contributed by atoms with Crippen LogP contribution in [-0.4, -0.2) is 51.4 Å². The maximum absolute atomic E-state index is 12.7. The molecule has 2 aliphatic rings. The Hall–Kier alpha value is -1.44. The van der Waals surface area contributed by atoms with Crippen molar-refractivity contribution in [3.63, 3.8) is 0 Å². The fraction of sp³-hybridized carbons (Fsp3) is 0.611. The molecule has 1 aliphatic carbocycles. The first kappa shape index (κ1) is 18.4. The van der Waals surface area contributed by atoms with E-state index >= 15 is 0 Å². The highest BCUT2D eigenvalue weighted by Gasteiger charge is 2.29. The van der Waals surface area contributed by atoms with Gasteiger partial charge in [-0.05, 0) is 62.9 Å². The normalized spacial score (nSPS) is 19.2. The van der Waals surface area contributed by atoms with Crippen LogP contribution in [0.2, 0.25) is 0 Å². The zero-order chi connectivity index (χ0) is 17.9. The molecule has 25 heavy (non-hydrogen) atoms. The van der Waals surface area contributed by atoms with Gasteiger partial charge < -0.3 is 10.2 Å². The lowest BCUT2D eigenvalue weighted by Crippen LogP contribution is -2.40. The third-order valence-corrected chi connectivity index (χ3v) is 6.39. The first-order valence-corrected chi connectivity index (χ1v) is 10.6. The molecule has 1 aliphatic heterocycles. The monoisotopic (exact) mass is 365 g/mol. The minimum Gasteiger partial charge on any atom is -0.339 e. The molecule has 0 unspecified atom stereocenters. The summed E-state index contributed by atoms with van der Waals surface area (Å²) in [4.78, 5) is 14.7. The summed E-state index contributed by atoms with van der Waals surface area (Å²) in [7, 11) is -3.53. The zero-order valence-electron chi connectivity index (χ0n) is 14.7. The first-order chi connectivity index (χ1) is 12.0. The van der Waals surface area contributed by atoms with Gasteiger partial charge in [0.05, 0.1) is 4.90 Å². The zero-order valence-corrected chi connectivity index (χ0v) is 15.5. The van der Waals surface area contributed by atoms with E-state index < -0.39 is 10.0 Å². The minimum absolute atomic E-state index is 0.0557. The number of nitrogens with one attached hydrogen (secondary N) is 2. The highest BCUT2D eigenvalue weighted by Crippen LogP contribution is 2.23. The van der Waals surface area contributed by atoms with E-state index in [1.807, 2.05) is 4.90 Å². The Morgan fingerprint density at radius 1 is 1.20 bits per heavy atom. The number of carbonyl (C=O) groups is 1. The Kier molecular flexibility index (Phi) is 5.76. The lowest BCUT2D eigenvalue weighted by Gasteiger charge is -2.32. The Bertz CT molecular complexity index is 708. The quantitative estimate of drug-likeness (QED) is 0.769. The fourth-order valence-corrected chi connectivity index (χ4v) is 4.51. The summed E-state index contributed by atoms with van der Waals surface area (Å²) in [5.41, 5.74) is 0.448. The van der Waals surface area contributed by atoms with E-state index in [4.69, 9.17) is 0 Å². The molecule has 0 bridgehead atoms. The van der Waals surface area contributed by atoms with Gasteiger partial charge in [-0.1, -0.05) is 13.0 Å². The molecule has 1 heterocycles. The second kappa shape index (κ2) is 7.85. The summed E-state index contributed by atoms with van der Waals surface area (Å²) in [6.45, 7) is 5.52. The second-order valence-corrected chi connectivity index (χ2v) is 8.68. The van der Waals surface area contributed by atoms with Gasteiger partial charge in [-0.15, -0.1) is 0 Å². The summed E-state index contributed by atoms with van der Waals surface area (Å²) in [6.07, 6.45) is 3.75. The molecular formula is C18H27N3O3S. The van der Waals surface area contributed by atoms with E-state index in [2.05, 4.69) is 17.0 Å². The van der Waals surface area contributed by atoms with Gasteiger partial charge in [0.25, 0.3) is 5.91 Å². The van der Waals surface area contributed by atoms with Crippen molar-refractivity contribution < 1.29 is 13.2 Å². The number of rotatable bonds is 7. The smallest absolute Gasteiger partial charge is 0.253 e. The largest absolute Gasteiger partial charge is 0.339 e. The van der Waals surface area contributed by atoms with E-state index in [9.17, 15) is 13.2 Å². The van der Waals surface area contributed by atoms with Crippen molar-refractivity contribution in [3.8, 4) is 0 Å². The Labute approximate surface area is 150 Å². The second-order valence-electron chi connectivity index (χ2n) is 6.97. The van der Waals surface area contributed by atoms with E-state index in [0.29, 0.717) is 11.5 Å². The predicted molar refractivity (Wildman–Crippen MR) is 97.0 cm³/mol. The van der Waals surface area contributed by atoms with E-state index in [1.165, 1.54) is 6.07 Å². The number of likely N-dealkylation sites (tertiary alicyclic amines) is 1. The minimum atomic E-state index is -3.53. The molecule has 1 amide bonds. The summed E-state index contributed by atoms with van der Waals surface area (Å²) in [6, 6.07) is 6.44. The van der Waals surface area contributed by atoms with Gasteiger partial charge in [0.15, 0.2) is 0 Å². The Morgan fingerprint density at radius 2 is 1.92 bits per heavy atom. The van der Waals surface area contributed by atoms with Crippen LogP contribution in [0.15, 0.2) is 29.2 Å². The molecule has 1 saturated carbocycles. The van der Waals surface area contributed by atoms with Crippen LogP contribution in [0.5, 0.6) is 0 Å². The van der Waals surface area contributed by atoms with E-state index in [0.717, 1.165) is 51.9 Å². The third-order valence-electron chi connectivity index (χ3n) is 4.88. The molecule has 1 aromatic rings. The van der Waals surface area contributed by atoms with Gasteiger partial charge >= 0.3 is 0 Å². The molecule has 0 spiro atoms. The average molecular weight is 365 g/mol. The van der Waals surface area contributed by atoms with Crippen LogP contribution >= 0.6 is 0 Å². The highest BCUT2D eigenvalue weighted by molar-refractivity contribution is 7.89. The molecule has 2 N–H and O–H groups in total. The number of amides is 1.